The summed E-state index contributed by atoms with van der Waals surface area (Å²) in [5.74, 6) is -1.84. The lowest BCUT2D eigenvalue weighted by molar-refractivity contribution is -0.142. The number of nitrogens with one attached hydrogen (secondary N) is 2. The summed E-state index contributed by atoms with van der Waals surface area (Å²) in [5, 5.41) is 33.0. The first-order valence-corrected chi connectivity index (χ1v) is 11.3. The molecule has 0 unspecified atom stereocenters. The molecule has 0 saturated carbocycles. The van der Waals surface area contributed by atoms with Crippen LogP contribution in [0, 0.1) is 0 Å². The number of benzene rings is 3. The van der Waals surface area contributed by atoms with Crippen molar-refractivity contribution in [1.82, 2.24) is 10.6 Å². The third kappa shape index (κ3) is 8.26. The Morgan fingerprint density at radius 1 is 0.722 bits per heavy atom. The highest BCUT2D eigenvalue weighted by Gasteiger charge is 2.27. The van der Waals surface area contributed by atoms with E-state index in [1.807, 2.05) is 12.1 Å². The minimum Gasteiger partial charge on any atom is -0.480 e. The summed E-state index contributed by atoms with van der Waals surface area (Å²) in [6.07, 6.45) is -0.641. The van der Waals surface area contributed by atoms with Gasteiger partial charge in [-0.1, -0.05) is 84.9 Å². The van der Waals surface area contributed by atoms with Gasteiger partial charge in [0.2, 0.25) is 5.91 Å². The molecule has 0 aliphatic rings. The number of aliphatic carboxylic acids is 1. The molecular formula is C26H27BN2O7. The fraction of sp³-hybridized carbons (Fsp3) is 0.192. The van der Waals surface area contributed by atoms with E-state index in [9.17, 15) is 19.5 Å². The van der Waals surface area contributed by atoms with E-state index in [0.717, 1.165) is 11.1 Å². The quantitative estimate of drug-likeness (QED) is 0.252. The molecule has 3 aromatic rings. The number of carboxylic acids is 1. The summed E-state index contributed by atoms with van der Waals surface area (Å²) in [6.45, 7) is -0.112. The van der Waals surface area contributed by atoms with E-state index in [1.54, 1.807) is 60.7 Å². The first kappa shape index (κ1) is 26.5. The van der Waals surface area contributed by atoms with E-state index in [0.29, 0.717) is 11.0 Å². The number of alkyl carbamates (subject to hydrolysis) is 1. The van der Waals surface area contributed by atoms with Gasteiger partial charge in [-0.25, -0.2) is 9.59 Å². The topological polar surface area (TPSA) is 145 Å². The minimum atomic E-state index is -1.60. The normalized spacial score (nSPS) is 12.2. The van der Waals surface area contributed by atoms with Crippen LogP contribution >= 0.6 is 0 Å². The monoisotopic (exact) mass is 490 g/mol. The molecule has 5 N–H and O–H groups in total. The van der Waals surface area contributed by atoms with E-state index < -0.39 is 37.2 Å². The lowest BCUT2D eigenvalue weighted by atomic mass is 9.80. The van der Waals surface area contributed by atoms with Crippen LogP contribution in [0.2, 0.25) is 0 Å². The minimum absolute atomic E-state index is 0.0863. The Labute approximate surface area is 208 Å². The largest absolute Gasteiger partial charge is 0.488 e. The van der Waals surface area contributed by atoms with Crippen LogP contribution in [0.15, 0.2) is 84.9 Å². The van der Waals surface area contributed by atoms with E-state index in [1.165, 1.54) is 12.1 Å². The Morgan fingerprint density at radius 2 is 1.25 bits per heavy atom. The van der Waals surface area contributed by atoms with E-state index in [-0.39, 0.29) is 19.4 Å². The van der Waals surface area contributed by atoms with Gasteiger partial charge in [-0.2, -0.15) is 0 Å². The second-order valence-corrected chi connectivity index (χ2v) is 8.17. The molecule has 10 heteroatoms. The average molecular weight is 490 g/mol. The molecule has 0 heterocycles. The van der Waals surface area contributed by atoms with Gasteiger partial charge in [0.05, 0.1) is 0 Å². The van der Waals surface area contributed by atoms with Crippen LogP contribution in [0.4, 0.5) is 4.79 Å². The second kappa shape index (κ2) is 13.1. The van der Waals surface area contributed by atoms with Crippen molar-refractivity contribution in [3.05, 3.63) is 102 Å². The molecule has 0 bridgehead atoms. The molecule has 2 atom stereocenters. The smallest absolute Gasteiger partial charge is 0.480 e. The van der Waals surface area contributed by atoms with Crippen molar-refractivity contribution >= 4 is 30.6 Å². The Balaban J connectivity index is 1.66. The molecule has 0 aliphatic heterocycles. The van der Waals surface area contributed by atoms with Gasteiger partial charge >= 0.3 is 19.2 Å². The van der Waals surface area contributed by atoms with Crippen LogP contribution in [0.1, 0.15) is 16.7 Å². The van der Waals surface area contributed by atoms with Gasteiger partial charge in [0, 0.05) is 12.8 Å². The SMILES string of the molecule is O=C(N[C@@H](Cc1ccccc1)C(=O)N[C@@H](Cc1ccccc1)C(=O)O)OCc1ccc(B(O)O)cc1. The van der Waals surface area contributed by atoms with E-state index in [4.69, 9.17) is 14.8 Å². The van der Waals surface area contributed by atoms with Gasteiger partial charge in [0.25, 0.3) is 0 Å². The first-order valence-electron chi connectivity index (χ1n) is 11.3. The predicted octanol–water partition coefficient (Wildman–Crippen LogP) is 1.02. The molecule has 0 aliphatic carbocycles. The zero-order chi connectivity index (χ0) is 25.9. The summed E-state index contributed by atoms with van der Waals surface area (Å²) < 4.78 is 5.22. The first-order chi connectivity index (χ1) is 17.3. The molecule has 0 aromatic heterocycles. The highest BCUT2D eigenvalue weighted by atomic mass is 16.5. The number of carboxylic acid groups (broad SMARTS) is 1. The molecule has 2 amide bonds. The van der Waals surface area contributed by atoms with Crippen LogP contribution in [-0.2, 0) is 33.8 Å². The molecular weight excluding hydrogens is 463 g/mol. The van der Waals surface area contributed by atoms with Gasteiger partial charge in [0.15, 0.2) is 0 Å². The molecule has 186 valence electrons. The average Bonchev–Trinajstić information content (AvgIpc) is 2.88. The molecule has 0 fully saturated rings. The highest BCUT2D eigenvalue weighted by Crippen LogP contribution is 2.08. The van der Waals surface area contributed by atoms with Gasteiger partial charge in [-0.3, -0.25) is 4.79 Å². The van der Waals surface area contributed by atoms with Crippen molar-refractivity contribution in [2.24, 2.45) is 0 Å². The van der Waals surface area contributed by atoms with Crippen molar-refractivity contribution in [2.45, 2.75) is 31.5 Å². The third-order valence-corrected chi connectivity index (χ3v) is 5.44. The number of hydrogen-bond donors (Lipinski definition) is 5. The maximum Gasteiger partial charge on any atom is 0.488 e. The zero-order valence-electron chi connectivity index (χ0n) is 19.4. The van der Waals surface area contributed by atoms with Crippen molar-refractivity contribution in [2.75, 3.05) is 0 Å². The van der Waals surface area contributed by atoms with Gasteiger partial charge in [-0.05, 0) is 22.2 Å². The summed E-state index contributed by atoms with van der Waals surface area (Å²) in [5.41, 5.74) is 2.42. The van der Waals surface area contributed by atoms with Crippen LogP contribution in [-0.4, -0.2) is 52.3 Å². The van der Waals surface area contributed by atoms with Crippen molar-refractivity contribution in [3.63, 3.8) is 0 Å². The zero-order valence-corrected chi connectivity index (χ0v) is 19.4. The fourth-order valence-corrected chi connectivity index (χ4v) is 3.50. The van der Waals surface area contributed by atoms with Gasteiger partial charge in [-0.15, -0.1) is 0 Å². The molecule has 0 saturated heterocycles. The van der Waals surface area contributed by atoms with Crippen LogP contribution in [0.5, 0.6) is 0 Å². The van der Waals surface area contributed by atoms with Crippen molar-refractivity contribution < 1.29 is 34.3 Å². The molecule has 36 heavy (non-hydrogen) atoms. The van der Waals surface area contributed by atoms with Gasteiger partial charge in [0.1, 0.15) is 18.7 Å². The molecule has 0 spiro atoms. The van der Waals surface area contributed by atoms with E-state index >= 15 is 0 Å². The number of hydrogen-bond acceptors (Lipinski definition) is 6. The van der Waals surface area contributed by atoms with Crippen LogP contribution < -0.4 is 16.1 Å². The maximum atomic E-state index is 13.1. The Kier molecular flexibility index (Phi) is 9.61. The Hall–Kier alpha value is -4.15. The summed E-state index contributed by atoms with van der Waals surface area (Å²) in [6, 6.07) is 21.8. The van der Waals surface area contributed by atoms with Crippen LogP contribution in [0.25, 0.3) is 0 Å². The fourth-order valence-electron chi connectivity index (χ4n) is 3.50. The Morgan fingerprint density at radius 3 is 1.75 bits per heavy atom. The number of amides is 2. The Bertz CT molecular complexity index is 1140. The molecule has 9 nitrogen and oxygen atoms in total. The van der Waals surface area contributed by atoms with Crippen molar-refractivity contribution in [1.29, 1.82) is 0 Å². The van der Waals surface area contributed by atoms with E-state index in [2.05, 4.69) is 10.6 Å². The molecule has 0 radical (unpaired) electrons. The lowest BCUT2D eigenvalue weighted by Gasteiger charge is -2.21. The van der Waals surface area contributed by atoms with Crippen molar-refractivity contribution in [3.8, 4) is 0 Å². The van der Waals surface area contributed by atoms with Crippen LogP contribution in [0.3, 0.4) is 0 Å². The summed E-state index contributed by atoms with van der Waals surface area (Å²) in [4.78, 5) is 37.4. The predicted molar refractivity (Wildman–Crippen MR) is 133 cm³/mol. The van der Waals surface area contributed by atoms with Gasteiger partial charge < -0.3 is 30.5 Å². The summed E-state index contributed by atoms with van der Waals surface area (Å²) >= 11 is 0. The summed E-state index contributed by atoms with van der Waals surface area (Å²) in [7, 11) is -1.60. The molecule has 3 rings (SSSR count). The number of carbonyl (C=O) groups is 3. The molecule has 3 aromatic carbocycles. The standard InChI is InChI=1S/C26H27BN2O7/c30-24(28-23(25(31)32)16-19-9-5-2-6-10-19)22(15-18-7-3-1-4-8-18)29-26(33)36-17-20-11-13-21(14-12-20)27(34)35/h1-14,22-23,34-35H,15-17H2,(H,28,30)(H,29,33)(H,31,32)/t22-,23-/m0/s1. The lowest BCUT2D eigenvalue weighted by Crippen LogP contribution is -2.53. The number of ether oxygens (including phenoxy) is 1. The number of carbonyl (C=O) groups excluding carboxylic acids is 2. The highest BCUT2D eigenvalue weighted by molar-refractivity contribution is 6.58. The number of rotatable bonds is 11. The third-order valence-electron chi connectivity index (χ3n) is 5.44. The maximum absolute atomic E-state index is 13.1. The second-order valence-electron chi connectivity index (χ2n) is 8.17.